The van der Waals surface area contributed by atoms with Crippen molar-refractivity contribution in [3.63, 3.8) is 0 Å². The van der Waals surface area contributed by atoms with E-state index in [2.05, 4.69) is 5.32 Å². The molecule has 7 heteroatoms. The highest BCUT2D eigenvalue weighted by Crippen LogP contribution is 2.32. The first-order chi connectivity index (χ1) is 16.0. The molecule has 1 atom stereocenters. The van der Waals surface area contributed by atoms with E-state index >= 15 is 0 Å². The monoisotopic (exact) mass is 464 g/mol. The van der Waals surface area contributed by atoms with Gasteiger partial charge in [0.1, 0.15) is 6.04 Å². The van der Waals surface area contributed by atoms with Crippen LogP contribution in [0.1, 0.15) is 23.6 Å². The summed E-state index contributed by atoms with van der Waals surface area (Å²) in [6, 6.07) is 21.7. The van der Waals surface area contributed by atoms with Crippen LogP contribution in [0, 0.1) is 0 Å². The Bertz CT molecular complexity index is 1120. The Morgan fingerprint density at radius 3 is 2.39 bits per heavy atom. The summed E-state index contributed by atoms with van der Waals surface area (Å²) >= 11 is 5.96. The van der Waals surface area contributed by atoms with Crippen LogP contribution in [0.15, 0.2) is 72.8 Å². The lowest BCUT2D eigenvalue weighted by molar-refractivity contribution is -0.140. The van der Waals surface area contributed by atoms with Gasteiger partial charge in [0.05, 0.1) is 6.42 Å². The standard InChI is InChI=1S/C26H25ClN2O4/c1-18(26(31)28-15-21-9-12-23-24(13-21)33-17-32-23)29(16-20-5-3-2-4-6-20)25(30)14-19-7-10-22(27)11-8-19/h2-13,18H,14-17H2,1H3,(H,28,31)/t18-/m0/s1. The van der Waals surface area contributed by atoms with Gasteiger partial charge >= 0.3 is 0 Å². The molecule has 2 amide bonds. The molecular formula is C26H25ClN2O4. The van der Waals surface area contributed by atoms with E-state index in [-0.39, 0.29) is 25.0 Å². The summed E-state index contributed by atoms with van der Waals surface area (Å²) in [6.45, 7) is 2.61. The lowest BCUT2D eigenvalue weighted by Gasteiger charge is -2.29. The molecule has 1 aliphatic heterocycles. The molecule has 0 aliphatic carbocycles. The molecule has 3 aromatic rings. The predicted octanol–water partition coefficient (Wildman–Crippen LogP) is 4.34. The molecule has 33 heavy (non-hydrogen) atoms. The molecule has 4 rings (SSSR count). The predicted molar refractivity (Wildman–Crippen MR) is 126 cm³/mol. The highest BCUT2D eigenvalue weighted by molar-refractivity contribution is 6.30. The summed E-state index contributed by atoms with van der Waals surface area (Å²) < 4.78 is 10.7. The maximum Gasteiger partial charge on any atom is 0.242 e. The molecule has 1 heterocycles. The first-order valence-corrected chi connectivity index (χ1v) is 11.1. The van der Waals surface area contributed by atoms with Crippen molar-refractivity contribution in [1.29, 1.82) is 0 Å². The van der Waals surface area contributed by atoms with Gasteiger partial charge in [-0.3, -0.25) is 9.59 Å². The first kappa shape index (κ1) is 22.7. The number of halogens is 1. The van der Waals surface area contributed by atoms with Gasteiger partial charge in [0.2, 0.25) is 18.6 Å². The molecule has 0 fully saturated rings. The fourth-order valence-electron chi connectivity index (χ4n) is 3.63. The van der Waals surface area contributed by atoms with E-state index in [1.54, 1.807) is 24.0 Å². The number of fused-ring (bicyclic) bond motifs is 1. The van der Waals surface area contributed by atoms with E-state index in [1.165, 1.54) is 0 Å². The van der Waals surface area contributed by atoms with E-state index in [0.717, 1.165) is 16.7 Å². The third-order valence-corrected chi connectivity index (χ3v) is 5.79. The minimum atomic E-state index is -0.654. The third-order valence-electron chi connectivity index (χ3n) is 5.54. The number of nitrogens with zero attached hydrogens (tertiary/aromatic N) is 1. The second kappa shape index (κ2) is 10.4. The normalized spacial score (nSPS) is 12.8. The van der Waals surface area contributed by atoms with Gasteiger partial charge in [0, 0.05) is 18.1 Å². The van der Waals surface area contributed by atoms with Crippen LogP contribution in [0.4, 0.5) is 0 Å². The van der Waals surface area contributed by atoms with Crippen molar-refractivity contribution in [3.05, 3.63) is 94.5 Å². The van der Waals surface area contributed by atoms with Crippen LogP contribution < -0.4 is 14.8 Å². The zero-order valence-corrected chi connectivity index (χ0v) is 19.0. The van der Waals surface area contributed by atoms with E-state index in [1.807, 2.05) is 60.7 Å². The summed E-state index contributed by atoms with van der Waals surface area (Å²) in [5, 5.41) is 3.55. The van der Waals surface area contributed by atoms with Crippen LogP contribution in [0.5, 0.6) is 11.5 Å². The lowest BCUT2D eigenvalue weighted by atomic mass is 10.1. The molecule has 3 aromatic carbocycles. The minimum absolute atomic E-state index is 0.132. The van der Waals surface area contributed by atoms with Crippen LogP contribution in [0.3, 0.4) is 0 Å². The van der Waals surface area contributed by atoms with E-state index in [9.17, 15) is 9.59 Å². The summed E-state index contributed by atoms with van der Waals surface area (Å²) in [6.07, 6.45) is 0.184. The highest BCUT2D eigenvalue weighted by atomic mass is 35.5. The molecule has 1 N–H and O–H groups in total. The summed E-state index contributed by atoms with van der Waals surface area (Å²) in [5.41, 5.74) is 2.69. The molecule has 0 radical (unpaired) electrons. The number of benzene rings is 3. The molecule has 0 aromatic heterocycles. The number of rotatable bonds is 8. The van der Waals surface area contributed by atoms with Gasteiger partial charge in [-0.15, -0.1) is 0 Å². The summed E-state index contributed by atoms with van der Waals surface area (Å²) in [5.74, 6) is 0.999. The lowest BCUT2D eigenvalue weighted by Crippen LogP contribution is -2.47. The Morgan fingerprint density at radius 1 is 0.939 bits per heavy atom. The molecule has 0 saturated heterocycles. The molecule has 1 aliphatic rings. The zero-order chi connectivity index (χ0) is 23.2. The van der Waals surface area contributed by atoms with Crippen molar-refractivity contribution in [2.45, 2.75) is 32.5 Å². The maximum absolute atomic E-state index is 13.2. The number of hydrogen-bond acceptors (Lipinski definition) is 4. The highest BCUT2D eigenvalue weighted by Gasteiger charge is 2.26. The van der Waals surface area contributed by atoms with Gasteiger partial charge in [0.15, 0.2) is 11.5 Å². The number of amides is 2. The van der Waals surface area contributed by atoms with Crippen LogP contribution in [0.25, 0.3) is 0 Å². The molecule has 6 nitrogen and oxygen atoms in total. The van der Waals surface area contributed by atoms with E-state index in [0.29, 0.717) is 29.6 Å². The molecular weight excluding hydrogens is 440 g/mol. The summed E-state index contributed by atoms with van der Waals surface area (Å²) in [7, 11) is 0. The van der Waals surface area contributed by atoms with Crippen molar-refractivity contribution in [2.75, 3.05) is 6.79 Å². The van der Waals surface area contributed by atoms with Crippen LogP contribution >= 0.6 is 11.6 Å². The Hall–Kier alpha value is -3.51. The molecule has 0 unspecified atom stereocenters. The second-order valence-corrected chi connectivity index (χ2v) is 8.33. The largest absolute Gasteiger partial charge is 0.454 e. The molecule has 0 spiro atoms. The quantitative estimate of drug-likeness (QED) is 0.538. The van der Waals surface area contributed by atoms with Crippen LogP contribution in [-0.4, -0.2) is 29.5 Å². The van der Waals surface area contributed by atoms with E-state index < -0.39 is 6.04 Å². The molecule has 0 saturated carbocycles. The van der Waals surface area contributed by atoms with Gasteiger partial charge in [-0.2, -0.15) is 0 Å². The van der Waals surface area contributed by atoms with Gasteiger partial charge in [0.25, 0.3) is 0 Å². The van der Waals surface area contributed by atoms with Crippen LogP contribution in [0.2, 0.25) is 5.02 Å². The van der Waals surface area contributed by atoms with Gasteiger partial charge in [-0.25, -0.2) is 0 Å². The smallest absolute Gasteiger partial charge is 0.242 e. The minimum Gasteiger partial charge on any atom is -0.454 e. The van der Waals surface area contributed by atoms with Crippen molar-refractivity contribution < 1.29 is 19.1 Å². The topological polar surface area (TPSA) is 67.9 Å². The van der Waals surface area contributed by atoms with Crippen molar-refractivity contribution >= 4 is 23.4 Å². The van der Waals surface area contributed by atoms with Crippen molar-refractivity contribution in [3.8, 4) is 11.5 Å². The average Bonchev–Trinajstić information content (AvgIpc) is 3.30. The summed E-state index contributed by atoms with van der Waals surface area (Å²) in [4.78, 5) is 27.8. The average molecular weight is 465 g/mol. The number of nitrogens with one attached hydrogen (secondary N) is 1. The van der Waals surface area contributed by atoms with Crippen molar-refractivity contribution in [1.82, 2.24) is 10.2 Å². The van der Waals surface area contributed by atoms with Crippen molar-refractivity contribution in [2.24, 2.45) is 0 Å². The number of ether oxygens (including phenoxy) is 2. The SMILES string of the molecule is C[C@@H](C(=O)NCc1ccc2c(c1)OCO2)N(Cc1ccccc1)C(=O)Cc1ccc(Cl)cc1. The Balaban J connectivity index is 1.45. The van der Waals surface area contributed by atoms with Gasteiger partial charge < -0.3 is 19.7 Å². The maximum atomic E-state index is 13.2. The Labute approximate surface area is 198 Å². The Morgan fingerprint density at radius 2 is 1.64 bits per heavy atom. The number of hydrogen-bond donors (Lipinski definition) is 1. The first-order valence-electron chi connectivity index (χ1n) is 10.7. The second-order valence-electron chi connectivity index (χ2n) is 7.89. The van der Waals surface area contributed by atoms with E-state index in [4.69, 9.17) is 21.1 Å². The van der Waals surface area contributed by atoms with Gasteiger partial charge in [-0.05, 0) is 47.9 Å². The third kappa shape index (κ3) is 5.84. The Kier molecular flexibility index (Phi) is 7.15. The molecule has 170 valence electrons. The fourth-order valence-corrected chi connectivity index (χ4v) is 3.75. The number of carbonyl (C=O) groups excluding carboxylic acids is 2. The number of carbonyl (C=O) groups is 2. The zero-order valence-electron chi connectivity index (χ0n) is 18.3. The van der Waals surface area contributed by atoms with Gasteiger partial charge in [-0.1, -0.05) is 60.1 Å². The molecule has 0 bridgehead atoms. The van der Waals surface area contributed by atoms with Crippen LogP contribution in [-0.2, 0) is 29.1 Å². The fraction of sp³-hybridized carbons (Fsp3) is 0.231.